The molecule has 1 unspecified atom stereocenters. The molecule has 14 heavy (non-hydrogen) atoms. The molecule has 2 heteroatoms. The van der Waals surface area contributed by atoms with Crippen LogP contribution in [-0.2, 0) is 0 Å². The molecule has 0 amide bonds. The second-order valence-corrected chi connectivity index (χ2v) is 3.09. The van der Waals surface area contributed by atoms with Gasteiger partial charge in [0.1, 0.15) is 0 Å². The first kappa shape index (κ1) is 8.74. The molecule has 68 valence electrons. The first-order chi connectivity index (χ1) is 6.83. The average molecular weight is 182 g/mol. The van der Waals surface area contributed by atoms with Crippen LogP contribution in [0.3, 0.4) is 0 Å². The fraction of sp³-hybridized carbons (Fsp3) is 0.0833. The van der Waals surface area contributed by atoms with Crippen molar-refractivity contribution < 1.29 is 0 Å². The molecule has 1 atom stereocenters. The highest BCUT2D eigenvalue weighted by Gasteiger charge is 2.06. The van der Waals surface area contributed by atoms with Gasteiger partial charge in [0, 0.05) is 23.3 Å². The van der Waals surface area contributed by atoms with Crippen LogP contribution in [0.5, 0.6) is 0 Å². The summed E-state index contributed by atoms with van der Waals surface area (Å²) in [4.78, 5) is 4.11. The Bertz CT molecular complexity index is 492. The molecule has 0 bridgehead atoms. The number of hydrogen-bond donors (Lipinski definition) is 1. The second kappa shape index (κ2) is 3.49. The number of fused-ring (bicyclic) bond motifs is 1. The van der Waals surface area contributed by atoms with Crippen molar-refractivity contribution >= 4 is 10.8 Å². The maximum Gasteiger partial charge on any atom is 0.0939 e. The molecule has 0 aliphatic heterocycles. The molecule has 2 rings (SSSR count). The minimum Gasteiger partial charge on any atom is -0.314 e. The van der Waals surface area contributed by atoms with Gasteiger partial charge in [-0.25, -0.2) is 0 Å². The number of nitrogens with two attached hydrogens (primary N) is 1. The van der Waals surface area contributed by atoms with Crippen molar-refractivity contribution in [3.05, 3.63) is 42.2 Å². The molecule has 0 radical (unpaired) electrons. The lowest BCUT2D eigenvalue weighted by molar-refractivity contribution is 0.947. The van der Waals surface area contributed by atoms with E-state index in [2.05, 4.69) is 10.9 Å². The van der Waals surface area contributed by atoms with Gasteiger partial charge in [-0.1, -0.05) is 30.2 Å². The van der Waals surface area contributed by atoms with Gasteiger partial charge >= 0.3 is 0 Å². The van der Waals surface area contributed by atoms with Gasteiger partial charge in [0.15, 0.2) is 0 Å². The molecule has 0 aliphatic carbocycles. The third kappa shape index (κ3) is 1.34. The Morgan fingerprint density at radius 3 is 2.86 bits per heavy atom. The molecule has 0 spiro atoms. The third-order valence-corrected chi connectivity index (χ3v) is 2.21. The summed E-state index contributed by atoms with van der Waals surface area (Å²) >= 11 is 0. The number of terminal acetylenes is 1. The summed E-state index contributed by atoms with van der Waals surface area (Å²) in [7, 11) is 0. The van der Waals surface area contributed by atoms with Crippen LogP contribution in [-0.4, -0.2) is 4.98 Å². The van der Waals surface area contributed by atoms with Crippen LogP contribution < -0.4 is 5.73 Å². The van der Waals surface area contributed by atoms with E-state index in [1.807, 2.05) is 30.5 Å². The van der Waals surface area contributed by atoms with Gasteiger partial charge in [-0.3, -0.25) is 4.98 Å². The highest BCUT2D eigenvalue weighted by atomic mass is 14.7. The van der Waals surface area contributed by atoms with Crippen molar-refractivity contribution in [2.45, 2.75) is 6.04 Å². The van der Waals surface area contributed by atoms with Crippen molar-refractivity contribution in [1.29, 1.82) is 0 Å². The SMILES string of the molecule is C#CC(N)c1cncc2ccccc12. The Balaban J connectivity index is 2.72. The quantitative estimate of drug-likeness (QED) is 0.684. The molecular formula is C12H10N2. The lowest BCUT2D eigenvalue weighted by Crippen LogP contribution is -2.08. The molecule has 0 saturated heterocycles. The van der Waals surface area contributed by atoms with Crippen LogP contribution in [0.25, 0.3) is 10.8 Å². The highest BCUT2D eigenvalue weighted by molar-refractivity contribution is 5.85. The Labute approximate surface area is 82.8 Å². The molecular weight excluding hydrogens is 172 g/mol. The predicted molar refractivity (Wildman–Crippen MR) is 57.5 cm³/mol. The Kier molecular flexibility index (Phi) is 2.18. The summed E-state index contributed by atoms with van der Waals surface area (Å²) in [6, 6.07) is 7.55. The summed E-state index contributed by atoms with van der Waals surface area (Å²) in [6.07, 6.45) is 8.83. The molecule has 2 aromatic rings. The van der Waals surface area contributed by atoms with Gasteiger partial charge in [0.25, 0.3) is 0 Å². The Morgan fingerprint density at radius 1 is 1.29 bits per heavy atom. The van der Waals surface area contributed by atoms with Crippen LogP contribution >= 0.6 is 0 Å². The zero-order valence-corrected chi connectivity index (χ0v) is 7.64. The first-order valence-corrected chi connectivity index (χ1v) is 4.37. The van der Waals surface area contributed by atoms with Crippen LogP contribution in [0.1, 0.15) is 11.6 Å². The van der Waals surface area contributed by atoms with Crippen LogP contribution in [0.15, 0.2) is 36.7 Å². The average Bonchev–Trinajstić information content (AvgIpc) is 2.27. The largest absolute Gasteiger partial charge is 0.314 e. The summed E-state index contributed by atoms with van der Waals surface area (Å²) in [5.74, 6) is 2.51. The molecule has 0 aliphatic rings. The maximum atomic E-state index is 5.78. The predicted octanol–water partition coefficient (Wildman–Crippen LogP) is 1.87. The molecule has 0 fully saturated rings. The van der Waals surface area contributed by atoms with E-state index < -0.39 is 0 Å². The standard InChI is InChI=1S/C12H10N2/c1-2-12(13)11-8-14-7-9-5-3-4-6-10(9)11/h1,3-8,12H,13H2. The maximum absolute atomic E-state index is 5.78. The first-order valence-electron chi connectivity index (χ1n) is 4.37. The summed E-state index contributed by atoms with van der Waals surface area (Å²) < 4.78 is 0. The number of pyridine rings is 1. The van der Waals surface area contributed by atoms with Gasteiger partial charge in [0.2, 0.25) is 0 Å². The number of hydrogen-bond acceptors (Lipinski definition) is 2. The molecule has 2 nitrogen and oxygen atoms in total. The Hall–Kier alpha value is -1.85. The van der Waals surface area contributed by atoms with Gasteiger partial charge in [-0.15, -0.1) is 6.42 Å². The van der Waals surface area contributed by atoms with E-state index in [-0.39, 0.29) is 6.04 Å². The monoisotopic (exact) mass is 182 g/mol. The van der Waals surface area contributed by atoms with Gasteiger partial charge in [-0.2, -0.15) is 0 Å². The van der Waals surface area contributed by atoms with E-state index in [1.165, 1.54) is 0 Å². The van der Waals surface area contributed by atoms with Crippen molar-refractivity contribution in [2.24, 2.45) is 5.73 Å². The lowest BCUT2D eigenvalue weighted by Gasteiger charge is -2.07. The van der Waals surface area contributed by atoms with E-state index in [4.69, 9.17) is 12.2 Å². The Morgan fingerprint density at radius 2 is 2.07 bits per heavy atom. The summed E-state index contributed by atoms with van der Waals surface area (Å²) in [5, 5.41) is 2.14. The van der Waals surface area contributed by atoms with Crippen molar-refractivity contribution in [3.8, 4) is 12.3 Å². The van der Waals surface area contributed by atoms with Crippen LogP contribution in [0.2, 0.25) is 0 Å². The van der Waals surface area contributed by atoms with E-state index >= 15 is 0 Å². The number of benzene rings is 1. The van der Waals surface area contributed by atoms with E-state index in [0.717, 1.165) is 16.3 Å². The van der Waals surface area contributed by atoms with Crippen LogP contribution in [0, 0.1) is 12.3 Å². The number of rotatable bonds is 1. The number of nitrogens with zero attached hydrogens (tertiary/aromatic N) is 1. The van der Waals surface area contributed by atoms with E-state index in [9.17, 15) is 0 Å². The summed E-state index contributed by atoms with van der Waals surface area (Å²) in [5.41, 5.74) is 6.69. The van der Waals surface area contributed by atoms with Crippen LogP contribution in [0.4, 0.5) is 0 Å². The third-order valence-electron chi connectivity index (χ3n) is 2.21. The van der Waals surface area contributed by atoms with E-state index in [1.54, 1.807) is 6.20 Å². The smallest absolute Gasteiger partial charge is 0.0939 e. The molecule has 1 aromatic carbocycles. The minimum atomic E-state index is -0.381. The van der Waals surface area contributed by atoms with Crippen molar-refractivity contribution in [1.82, 2.24) is 4.98 Å². The normalized spacial score (nSPS) is 12.3. The zero-order valence-electron chi connectivity index (χ0n) is 7.64. The highest BCUT2D eigenvalue weighted by Crippen LogP contribution is 2.20. The molecule has 1 aromatic heterocycles. The fourth-order valence-corrected chi connectivity index (χ4v) is 1.48. The van der Waals surface area contributed by atoms with E-state index in [0.29, 0.717) is 0 Å². The van der Waals surface area contributed by atoms with Crippen molar-refractivity contribution in [3.63, 3.8) is 0 Å². The molecule has 0 saturated carbocycles. The molecule has 1 heterocycles. The lowest BCUT2D eigenvalue weighted by atomic mass is 10.0. The minimum absolute atomic E-state index is 0.381. The molecule has 2 N–H and O–H groups in total. The van der Waals surface area contributed by atoms with Gasteiger partial charge < -0.3 is 5.73 Å². The summed E-state index contributed by atoms with van der Waals surface area (Å²) in [6.45, 7) is 0. The van der Waals surface area contributed by atoms with Crippen molar-refractivity contribution in [2.75, 3.05) is 0 Å². The second-order valence-electron chi connectivity index (χ2n) is 3.09. The fourth-order valence-electron chi connectivity index (χ4n) is 1.48. The topological polar surface area (TPSA) is 38.9 Å². The van der Waals surface area contributed by atoms with Gasteiger partial charge in [-0.05, 0) is 5.39 Å². The van der Waals surface area contributed by atoms with Gasteiger partial charge in [0.05, 0.1) is 6.04 Å². The zero-order chi connectivity index (χ0) is 9.97. The number of aromatic nitrogens is 1.